The Morgan fingerprint density at radius 1 is 0.800 bits per heavy atom. The van der Waals surface area contributed by atoms with Crippen LogP contribution >= 0.6 is 0 Å². The normalized spacial score (nSPS) is 13.0. The molecular weight excluding hydrogens is 312 g/mol. The van der Waals surface area contributed by atoms with E-state index in [0.717, 1.165) is 16.8 Å². The second-order valence-electron chi connectivity index (χ2n) is 6.04. The summed E-state index contributed by atoms with van der Waals surface area (Å²) < 4.78 is 0. The van der Waals surface area contributed by atoms with Crippen molar-refractivity contribution < 1.29 is 4.92 Å². The fraction of sp³-hybridized carbons (Fsp3) is 0.143. The molecule has 0 saturated carbocycles. The summed E-state index contributed by atoms with van der Waals surface area (Å²) in [5.41, 5.74) is 3.58. The van der Waals surface area contributed by atoms with E-state index in [9.17, 15) is 10.1 Å². The van der Waals surface area contributed by atoms with Crippen molar-refractivity contribution in [3.05, 3.63) is 112 Å². The van der Waals surface area contributed by atoms with Gasteiger partial charge in [-0.1, -0.05) is 78.4 Å². The monoisotopic (exact) mass is 332 g/mol. The van der Waals surface area contributed by atoms with E-state index in [0.29, 0.717) is 5.56 Å². The largest absolute Gasteiger partial charge is 0.372 e. The van der Waals surface area contributed by atoms with Crippen molar-refractivity contribution in [1.29, 1.82) is 0 Å². The van der Waals surface area contributed by atoms with E-state index in [1.54, 1.807) is 12.1 Å². The van der Waals surface area contributed by atoms with Crippen LogP contribution in [0.3, 0.4) is 0 Å². The zero-order valence-corrected chi connectivity index (χ0v) is 14.0. The summed E-state index contributed by atoms with van der Waals surface area (Å²) in [6.45, 7) is 2.02. The van der Waals surface area contributed by atoms with Crippen molar-refractivity contribution in [2.24, 2.45) is 0 Å². The zero-order valence-electron chi connectivity index (χ0n) is 14.0. The first kappa shape index (κ1) is 16.7. The molecule has 2 atom stereocenters. The van der Waals surface area contributed by atoms with Crippen molar-refractivity contribution >= 4 is 5.69 Å². The van der Waals surface area contributed by atoms with Gasteiger partial charge >= 0.3 is 0 Å². The van der Waals surface area contributed by atoms with Crippen LogP contribution in [0.15, 0.2) is 84.9 Å². The maximum absolute atomic E-state index is 11.9. The second kappa shape index (κ2) is 7.62. The van der Waals surface area contributed by atoms with E-state index in [-0.39, 0.29) is 4.92 Å². The van der Waals surface area contributed by atoms with Gasteiger partial charge in [0.05, 0.1) is 0 Å². The molecule has 0 amide bonds. The minimum atomic E-state index is -0.884. The number of nitrogens with one attached hydrogen (secondary N) is 1. The summed E-state index contributed by atoms with van der Waals surface area (Å²) in [6, 6.07) is 25.2. The second-order valence-corrected chi connectivity index (χ2v) is 6.04. The molecule has 1 N–H and O–H groups in total. The average Bonchev–Trinajstić information content (AvgIpc) is 2.64. The molecule has 0 aliphatic heterocycles. The van der Waals surface area contributed by atoms with Crippen LogP contribution in [0, 0.1) is 17.0 Å². The van der Waals surface area contributed by atoms with E-state index < -0.39 is 12.1 Å². The average molecular weight is 332 g/mol. The molecule has 4 nitrogen and oxygen atoms in total. The summed E-state index contributed by atoms with van der Waals surface area (Å²) in [6.07, 6.45) is 0. The molecule has 3 rings (SSSR count). The Kier molecular flexibility index (Phi) is 5.09. The molecule has 0 spiro atoms. The first-order valence-corrected chi connectivity index (χ1v) is 8.22. The van der Waals surface area contributed by atoms with Crippen LogP contribution in [0.2, 0.25) is 0 Å². The van der Waals surface area contributed by atoms with Crippen LogP contribution in [-0.4, -0.2) is 4.92 Å². The zero-order chi connectivity index (χ0) is 17.6. The van der Waals surface area contributed by atoms with Gasteiger partial charge in [0.15, 0.2) is 0 Å². The van der Waals surface area contributed by atoms with Crippen molar-refractivity contribution in [2.75, 3.05) is 5.32 Å². The van der Waals surface area contributed by atoms with Crippen molar-refractivity contribution in [3.63, 3.8) is 0 Å². The highest BCUT2D eigenvalue weighted by Crippen LogP contribution is 2.34. The molecule has 2 unspecified atom stereocenters. The maximum atomic E-state index is 11.9. The molecule has 3 aromatic carbocycles. The third kappa shape index (κ3) is 4.04. The lowest BCUT2D eigenvalue weighted by molar-refractivity contribution is -0.532. The number of rotatable bonds is 6. The van der Waals surface area contributed by atoms with Gasteiger partial charge in [-0.25, -0.2) is 0 Å². The number of benzene rings is 3. The fourth-order valence-electron chi connectivity index (χ4n) is 2.92. The van der Waals surface area contributed by atoms with E-state index in [4.69, 9.17) is 0 Å². The van der Waals surface area contributed by atoms with Crippen molar-refractivity contribution in [1.82, 2.24) is 0 Å². The number of anilines is 1. The lowest BCUT2D eigenvalue weighted by Gasteiger charge is -2.24. The van der Waals surface area contributed by atoms with Gasteiger partial charge in [0.1, 0.15) is 6.04 Å². The molecule has 0 aliphatic rings. The van der Waals surface area contributed by atoms with Gasteiger partial charge in [-0.05, 0) is 24.6 Å². The molecule has 4 heteroatoms. The maximum Gasteiger partial charge on any atom is 0.261 e. The van der Waals surface area contributed by atoms with Gasteiger partial charge in [0, 0.05) is 16.2 Å². The molecular formula is C21H20N2O2. The Labute approximate surface area is 147 Å². The van der Waals surface area contributed by atoms with Gasteiger partial charge < -0.3 is 5.32 Å². The predicted molar refractivity (Wildman–Crippen MR) is 100 cm³/mol. The molecule has 0 radical (unpaired) electrons. The van der Waals surface area contributed by atoms with Crippen LogP contribution < -0.4 is 5.32 Å². The number of nitro groups is 1. The molecule has 3 aromatic rings. The topological polar surface area (TPSA) is 55.2 Å². The Bertz CT molecular complexity index is 818. The summed E-state index contributed by atoms with van der Waals surface area (Å²) >= 11 is 0. The van der Waals surface area contributed by atoms with E-state index in [1.807, 2.05) is 79.7 Å². The Morgan fingerprint density at radius 2 is 1.32 bits per heavy atom. The number of nitrogens with zero attached hydrogens (tertiary/aromatic N) is 1. The number of hydrogen-bond acceptors (Lipinski definition) is 3. The minimum Gasteiger partial charge on any atom is -0.372 e. The van der Waals surface area contributed by atoms with Crippen LogP contribution in [0.4, 0.5) is 5.69 Å². The van der Waals surface area contributed by atoms with Crippen LogP contribution in [0.25, 0.3) is 0 Å². The smallest absolute Gasteiger partial charge is 0.261 e. The summed E-state index contributed by atoms with van der Waals surface area (Å²) in [5, 5.41) is 15.3. The van der Waals surface area contributed by atoms with Gasteiger partial charge in [0.2, 0.25) is 0 Å². The molecule has 0 heterocycles. The molecule has 0 saturated heterocycles. The Hall–Kier alpha value is -3.14. The fourth-order valence-corrected chi connectivity index (χ4v) is 2.92. The lowest BCUT2D eigenvalue weighted by atomic mass is 9.93. The van der Waals surface area contributed by atoms with Gasteiger partial charge in [-0.3, -0.25) is 10.1 Å². The quantitative estimate of drug-likeness (QED) is 0.501. The van der Waals surface area contributed by atoms with Crippen LogP contribution in [0.1, 0.15) is 28.8 Å². The summed E-state index contributed by atoms with van der Waals surface area (Å²) in [7, 11) is 0. The van der Waals surface area contributed by atoms with Gasteiger partial charge in [-0.2, -0.15) is 0 Å². The minimum absolute atomic E-state index is 0.214. The predicted octanol–water partition coefficient (Wildman–Crippen LogP) is 5.17. The standard InChI is InChI=1S/C21H20N2O2/c1-16-12-14-19(15-13-16)22-20(17-8-4-2-5-9-17)21(23(24)25)18-10-6-3-7-11-18/h2-15,20-22H,1H3. The number of aryl methyl sites for hydroxylation is 1. The molecule has 126 valence electrons. The highest BCUT2D eigenvalue weighted by molar-refractivity contribution is 5.47. The molecule has 25 heavy (non-hydrogen) atoms. The first-order valence-electron chi connectivity index (χ1n) is 8.22. The highest BCUT2D eigenvalue weighted by atomic mass is 16.6. The first-order chi connectivity index (χ1) is 12.1. The number of hydrogen-bond donors (Lipinski definition) is 1. The molecule has 0 aliphatic carbocycles. The summed E-state index contributed by atoms with van der Waals surface area (Å²) in [4.78, 5) is 11.7. The SMILES string of the molecule is Cc1ccc(NC(c2ccccc2)C(c2ccccc2)[N+](=O)[O-])cc1. The highest BCUT2D eigenvalue weighted by Gasteiger charge is 2.34. The van der Waals surface area contributed by atoms with E-state index in [2.05, 4.69) is 5.32 Å². The van der Waals surface area contributed by atoms with Gasteiger partial charge in [0.25, 0.3) is 6.04 Å². The van der Waals surface area contributed by atoms with Crippen molar-refractivity contribution in [2.45, 2.75) is 19.0 Å². The third-order valence-electron chi connectivity index (χ3n) is 4.22. The molecule has 0 fully saturated rings. The van der Waals surface area contributed by atoms with E-state index >= 15 is 0 Å². The van der Waals surface area contributed by atoms with E-state index in [1.165, 1.54) is 0 Å². The third-order valence-corrected chi connectivity index (χ3v) is 4.22. The summed E-state index contributed by atoms with van der Waals surface area (Å²) in [5.74, 6) is 0. The van der Waals surface area contributed by atoms with Crippen LogP contribution in [-0.2, 0) is 0 Å². The van der Waals surface area contributed by atoms with Crippen LogP contribution in [0.5, 0.6) is 0 Å². The lowest BCUT2D eigenvalue weighted by Crippen LogP contribution is -2.25. The molecule has 0 aromatic heterocycles. The Morgan fingerprint density at radius 3 is 1.84 bits per heavy atom. The van der Waals surface area contributed by atoms with Crippen molar-refractivity contribution in [3.8, 4) is 0 Å². The Balaban J connectivity index is 2.03. The molecule has 0 bridgehead atoms. The van der Waals surface area contributed by atoms with Gasteiger partial charge in [-0.15, -0.1) is 0 Å².